The van der Waals surface area contributed by atoms with Gasteiger partial charge in [-0.2, -0.15) is 10.3 Å². The molecule has 1 saturated heterocycles. The van der Waals surface area contributed by atoms with Crippen molar-refractivity contribution in [2.24, 2.45) is 0 Å². The fourth-order valence-electron chi connectivity index (χ4n) is 1.71. The van der Waals surface area contributed by atoms with Gasteiger partial charge in [0, 0.05) is 24.8 Å². The largest absolute Gasteiger partial charge is 0.371 e. The lowest BCUT2D eigenvalue weighted by molar-refractivity contribution is 0.0276. The Balaban J connectivity index is 1.95. The van der Waals surface area contributed by atoms with E-state index in [0.29, 0.717) is 5.65 Å². The predicted octanol–water partition coefficient (Wildman–Crippen LogP) is 0.0138. The number of pyridine rings is 1. The van der Waals surface area contributed by atoms with E-state index in [1.807, 2.05) is 6.07 Å². The van der Waals surface area contributed by atoms with Gasteiger partial charge in [0.2, 0.25) is 5.65 Å². The number of H-pyrrole nitrogens is 1. The SMILES string of the molecule is c1nc2n[nH]nc2cc1C1CNCCO1. The van der Waals surface area contributed by atoms with Crippen LogP contribution in [-0.2, 0) is 4.74 Å². The summed E-state index contributed by atoms with van der Waals surface area (Å²) in [5.41, 5.74) is 2.47. The molecule has 2 N–H and O–H groups in total. The number of nitrogens with one attached hydrogen (secondary N) is 2. The Bertz CT molecular complexity index is 462. The molecule has 0 radical (unpaired) electrons. The number of rotatable bonds is 1. The third kappa shape index (κ3) is 1.57. The van der Waals surface area contributed by atoms with Crippen molar-refractivity contribution in [3.63, 3.8) is 0 Å². The third-order valence-corrected chi connectivity index (χ3v) is 2.49. The molecule has 0 amide bonds. The van der Waals surface area contributed by atoms with Crippen molar-refractivity contribution >= 4 is 11.2 Å². The summed E-state index contributed by atoms with van der Waals surface area (Å²) in [5, 5.41) is 13.7. The number of aromatic nitrogens is 4. The lowest BCUT2D eigenvalue weighted by atomic mass is 10.1. The van der Waals surface area contributed by atoms with Crippen LogP contribution >= 0.6 is 0 Å². The van der Waals surface area contributed by atoms with Crippen molar-refractivity contribution in [1.29, 1.82) is 0 Å². The highest BCUT2D eigenvalue weighted by atomic mass is 16.5. The van der Waals surface area contributed by atoms with Gasteiger partial charge in [0.15, 0.2) is 0 Å². The van der Waals surface area contributed by atoms with Crippen molar-refractivity contribution in [3.05, 3.63) is 17.8 Å². The number of fused-ring (bicyclic) bond motifs is 1. The first-order chi connectivity index (χ1) is 7.43. The standard InChI is InChI=1S/C9H11N5O/c1-2-15-8(5-10-1)6-3-7-9(11-4-6)13-14-12-7/h3-4,8,10H,1-2,5H2,(H,11,12,13,14). The number of aromatic amines is 1. The minimum atomic E-state index is 0.0762. The molecule has 6 heteroatoms. The predicted molar refractivity (Wildman–Crippen MR) is 53.2 cm³/mol. The molecule has 1 aliphatic heterocycles. The first kappa shape index (κ1) is 8.75. The van der Waals surface area contributed by atoms with Crippen molar-refractivity contribution < 1.29 is 4.74 Å². The van der Waals surface area contributed by atoms with E-state index in [1.165, 1.54) is 0 Å². The maximum atomic E-state index is 5.63. The molecule has 0 spiro atoms. The van der Waals surface area contributed by atoms with Crippen molar-refractivity contribution in [2.45, 2.75) is 6.10 Å². The molecular formula is C9H11N5O. The third-order valence-electron chi connectivity index (χ3n) is 2.49. The van der Waals surface area contributed by atoms with E-state index in [0.717, 1.165) is 30.8 Å². The first-order valence-electron chi connectivity index (χ1n) is 4.92. The molecule has 3 heterocycles. The van der Waals surface area contributed by atoms with Gasteiger partial charge >= 0.3 is 0 Å². The van der Waals surface area contributed by atoms with Gasteiger partial charge in [0.1, 0.15) is 5.52 Å². The Hall–Kier alpha value is -1.53. The van der Waals surface area contributed by atoms with E-state index < -0.39 is 0 Å². The molecular weight excluding hydrogens is 194 g/mol. The van der Waals surface area contributed by atoms with Crippen LogP contribution in [0, 0.1) is 0 Å². The van der Waals surface area contributed by atoms with Crippen molar-refractivity contribution in [2.75, 3.05) is 19.7 Å². The zero-order valence-electron chi connectivity index (χ0n) is 8.10. The summed E-state index contributed by atoms with van der Waals surface area (Å²) >= 11 is 0. The van der Waals surface area contributed by atoms with Gasteiger partial charge in [0.25, 0.3) is 0 Å². The van der Waals surface area contributed by atoms with Gasteiger partial charge < -0.3 is 10.1 Å². The molecule has 0 saturated carbocycles. The zero-order chi connectivity index (χ0) is 10.1. The maximum absolute atomic E-state index is 5.63. The van der Waals surface area contributed by atoms with Gasteiger partial charge in [-0.3, -0.25) is 0 Å². The summed E-state index contributed by atoms with van der Waals surface area (Å²) < 4.78 is 5.63. The molecule has 6 nitrogen and oxygen atoms in total. The van der Waals surface area contributed by atoms with E-state index >= 15 is 0 Å². The average Bonchev–Trinajstić information content (AvgIpc) is 2.77. The summed E-state index contributed by atoms with van der Waals surface area (Å²) in [6, 6.07) is 1.96. The molecule has 2 aromatic rings. The summed E-state index contributed by atoms with van der Waals surface area (Å²) in [7, 11) is 0. The Morgan fingerprint density at radius 3 is 3.27 bits per heavy atom. The molecule has 1 aliphatic rings. The molecule has 0 aliphatic carbocycles. The van der Waals surface area contributed by atoms with Gasteiger partial charge in [-0.15, -0.1) is 5.10 Å². The second kappa shape index (κ2) is 3.56. The molecule has 1 unspecified atom stereocenters. The fraction of sp³-hybridized carbons (Fsp3) is 0.444. The van der Waals surface area contributed by atoms with Crippen LogP contribution in [0.5, 0.6) is 0 Å². The fourth-order valence-corrected chi connectivity index (χ4v) is 1.71. The molecule has 2 aromatic heterocycles. The average molecular weight is 205 g/mol. The van der Waals surface area contributed by atoms with Gasteiger partial charge in [-0.25, -0.2) is 4.98 Å². The number of hydrogen-bond acceptors (Lipinski definition) is 5. The van der Waals surface area contributed by atoms with Crippen LogP contribution in [0.2, 0.25) is 0 Å². The van der Waals surface area contributed by atoms with Crippen LogP contribution < -0.4 is 5.32 Å². The van der Waals surface area contributed by atoms with E-state index in [-0.39, 0.29) is 6.10 Å². The summed E-state index contributed by atoms with van der Waals surface area (Å²) in [6.45, 7) is 2.47. The molecule has 1 atom stereocenters. The Morgan fingerprint density at radius 2 is 2.40 bits per heavy atom. The number of ether oxygens (including phenoxy) is 1. The number of nitrogens with zero attached hydrogens (tertiary/aromatic N) is 3. The highest BCUT2D eigenvalue weighted by Gasteiger charge is 2.16. The van der Waals surface area contributed by atoms with Gasteiger partial charge in [0.05, 0.1) is 12.7 Å². The van der Waals surface area contributed by atoms with Crippen LogP contribution in [0.25, 0.3) is 11.2 Å². The topological polar surface area (TPSA) is 75.7 Å². The Kier molecular flexibility index (Phi) is 2.08. The molecule has 0 bridgehead atoms. The number of hydrogen-bond donors (Lipinski definition) is 2. The molecule has 3 rings (SSSR count). The summed E-state index contributed by atoms with van der Waals surface area (Å²) in [5.74, 6) is 0. The molecule has 0 aromatic carbocycles. The smallest absolute Gasteiger partial charge is 0.201 e. The highest BCUT2D eigenvalue weighted by Crippen LogP contribution is 2.19. The van der Waals surface area contributed by atoms with Crippen molar-refractivity contribution in [1.82, 2.24) is 25.7 Å². The van der Waals surface area contributed by atoms with E-state index in [4.69, 9.17) is 4.74 Å². The normalized spacial score (nSPS) is 22.0. The van der Waals surface area contributed by atoms with E-state index in [1.54, 1.807) is 6.20 Å². The van der Waals surface area contributed by atoms with Crippen LogP contribution in [-0.4, -0.2) is 40.1 Å². The summed E-state index contributed by atoms with van der Waals surface area (Å²) in [6.07, 6.45) is 1.87. The van der Waals surface area contributed by atoms with Crippen LogP contribution in [0.3, 0.4) is 0 Å². The van der Waals surface area contributed by atoms with Crippen LogP contribution in [0.1, 0.15) is 11.7 Å². The zero-order valence-corrected chi connectivity index (χ0v) is 8.10. The quantitative estimate of drug-likeness (QED) is 0.686. The minimum Gasteiger partial charge on any atom is -0.371 e. The van der Waals surface area contributed by atoms with Crippen molar-refractivity contribution in [3.8, 4) is 0 Å². The first-order valence-corrected chi connectivity index (χ1v) is 4.92. The second-order valence-electron chi connectivity index (χ2n) is 3.50. The van der Waals surface area contributed by atoms with Crippen LogP contribution in [0.4, 0.5) is 0 Å². The summed E-state index contributed by atoms with van der Waals surface area (Å²) in [4.78, 5) is 4.20. The lowest BCUT2D eigenvalue weighted by Gasteiger charge is -2.23. The van der Waals surface area contributed by atoms with Gasteiger partial charge in [-0.05, 0) is 6.07 Å². The molecule has 15 heavy (non-hydrogen) atoms. The van der Waals surface area contributed by atoms with E-state index in [2.05, 4.69) is 25.7 Å². The molecule has 78 valence electrons. The number of morpholine rings is 1. The second-order valence-corrected chi connectivity index (χ2v) is 3.50. The van der Waals surface area contributed by atoms with Crippen LogP contribution in [0.15, 0.2) is 12.3 Å². The lowest BCUT2D eigenvalue weighted by Crippen LogP contribution is -2.33. The monoisotopic (exact) mass is 205 g/mol. The maximum Gasteiger partial charge on any atom is 0.201 e. The highest BCUT2D eigenvalue weighted by molar-refractivity contribution is 5.69. The van der Waals surface area contributed by atoms with Gasteiger partial charge in [-0.1, -0.05) is 0 Å². The Labute approximate surface area is 86.0 Å². The Morgan fingerprint density at radius 1 is 1.40 bits per heavy atom. The van der Waals surface area contributed by atoms with E-state index in [9.17, 15) is 0 Å². The molecule has 1 fully saturated rings. The minimum absolute atomic E-state index is 0.0762.